The number of ether oxygens (including phenoxy) is 1. The summed E-state index contributed by atoms with van der Waals surface area (Å²) >= 11 is 0. The number of aryl methyl sites for hydroxylation is 1. The van der Waals surface area contributed by atoms with E-state index in [9.17, 15) is 0 Å². The first-order valence-electron chi connectivity index (χ1n) is 7.80. The van der Waals surface area contributed by atoms with Crippen LogP contribution in [-0.4, -0.2) is 16.1 Å². The van der Waals surface area contributed by atoms with Crippen molar-refractivity contribution in [2.45, 2.75) is 26.9 Å². The molecule has 0 aliphatic carbocycles. The smallest absolute Gasteiger partial charge is 0.240 e. The van der Waals surface area contributed by atoms with E-state index in [0.717, 1.165) is 22.3 Å². The third-order valence-electron chi connectivity index (χ3n) is 3.42. The molecule has 23 heavy (non-hydrogen) atoms. The monoisotopic (exact) mass is 304 g/mol. The Hall–Kier alpha value is -2.68. The third kappa shape index (κ3) is 3.75. The minimum atomic E-state index is 0.0528. The standard InChI is InChI=1S/C20H20N2O/c1-14(2)23-20-19(13-12-16-10-8-15(3)9-11-16)21-17-6-4-5-7-18(17)22-20/h4-14H,1-3H3/b13-12+. The van der Waals surface area contributed by atoms with E-state index in [1.165, 1.54) is 5.56 Å². The number of nitrogens with zero attached hydrogens (tertiary/aromatic N) is 2. The lowest BCUT2D eigenvalue weighted by Crippen LogP contribution is -2.09. The maximum atomic E-state index is 5.84. The van der Waals surface area contributed by atoms with Crippen LogP contribution < -0.4 is 4.74 Å². The van der Waals surface area contributed by atoms with Crippen molar-refractivity contribution in [3.8, 4) is 5.88 Å². The van der Waals surface area contributed by atoms with Gasteiger partial charge in [-0.1, -0.05) is 48.0 Å². The first kappa shape index (κ1) is 15.2. The van der Waals surface area contributed by atoms with Crippen LogP contribution in [0.25, 0.3) is 23.2 Å². The molecule has 0 saturated heterocycles. The van der Waals surface area contributed by atoms with Crippen LogP contribution in [0.2, 0.25) is 0 Å². The number of rotatable bonds is 4. The molecular weight excluding hydrogens is 284 g/mol. The highest BCUT2D eigenvalue weighted by molar-refractivity contribution is 5.78. The van der Waals surface area contributed by atoms with Gasteiger partial charge in [0.25, 0.3) is 0 Å². The minimum Gasteiger partial charge on any atom is -0.473 e. The van der Waals surface area contributed by atoms with Gasteiger partial charge in [0, 0.05) is 0 Å². The molecule has 3 rings (SSSR count). The van der Waals surface area contributed by atoms with Crippen molar-refractivity contribution < 1.29 is 4.74 Å². The van der Waals surface area contributed by atoms with E-state index in [-0.39, 0.29) is 6.10 Å². The highest BCUT2D eigenvalue weighted by Crippen LogP contribution is 2.22. The highest BCUT2D eigenvalue weighted by atomic mass is 16.5. The zero-order valence-corrected chi connectivity index (χ0v) is 13.7. The molecule has 1 aromatic heterocycles. The first-order valence-corrected chi connectivity index (χ1v) is 7.80. The fourth-order valence-electron chi connectivity index (χ4n) is 2.27. The lowest BCUT2D eigenvalue weighted by Gasteiger charge is -2.11. The van der Waals surface area contributed by atoms with Crippen LogP contribution in [0.4, 0.5) is 0 Å². The molecule has 0 saturated carbocycles. The van der Waals surface area contributed by atoms with Gasteiger partial charge < -0.3 is 4.74 Å². The topological polar surface area (TPSA) is 35.0 Å². The van der Waals surface area contributed by atoms with Crippen molar-refractivity contribution in [1.82, 2.24) is 9.97 Å². The van der Waals surface area contributed by atoms with E-state index < -0.39 is 0 Å². The second-order valence-corrected chi connectivity index (χ2v) is 5.81. The second-order valence-electron chi connectivity index (χ2n) is 5.81. The Morgan fingerprint density at radius 2 is 1.52 bits per heavy atom. The average molecular weight is 304 g/mol. The van der Waals surface area contributed by atoms with Crippen LogP contribution in [0.5, 0.6) is 5.88 Å². The Bertz CT molecular complexity index is 836. The van der Waals surface area contributed by atoms with E-state index >= 15 is 0 Å². The van der Waals surface area contributed by atoms with Gasteiger partial charge in [-0.3, -0.25) is 0 Å². The number of hydrogen-bond acceptors (Lipinski definition) is 3. The van der Waals surface area contributed by atoms with Gasteiger partial charge >= 0.3 is 0 Å². The molecule has 3 heteroatoms. The number of hydrogen-bond donors (Lipinski definition) is 0. The Kier molecular flexibility index (Phi) is 4.38. The molecule has 0 amide bonds. The molecule has 0 bridgehead atoms. The van der Waals surface area contributed by atoms with Crippen molar-refractivity contribution >= 4 is 23.2 Å². The predicted molar refractivity (Wildman–Crippen MR) is 95.4 cm³/mol. The Labute approximate surface area is 136 Å². The molecule has 3 nitrogen and oxygen atoms in total. The molecule has 1 heterocycles. The van der Waals surface area contributed by atoms with Crippen LogP contribution in [0, 0.1) is 6.92 Å². The SMILES string of the molecule is Cc1ccc(/C=C/c2nc3ccccc3nc2OC(C)C)cc1. The van der Waals surface area contributed by atoms with Crippen LogP contribution in [0.1, 0.15) is 30.7 Å². The van der Waals surface area contributed by atoms with Crippen molar-refractivity contribution in [3.05, 3.63) is 65.4 Å². The second kappa shape index (κ2) is 6.61. The normalized spacial score (nSPS) is 11.5. The molecule has 116 valence electrons. The van der Waals surface area contributed by atoms with Gasteiger partial charge in [0.1, 0.15) is 5.69 Å². The van der Waals surface area contributed by atoms with E-state index in [1.54, 1.807) is 0 Å². The molecule has 0 aliphatic rings. The molecule has 0 fully saturated rings. The summed E-state index contributed by atoms with van der Waals surface area (Å²) in [6, 6.07) is 16.2. The zero-order valence-electron chi connectivity index (χ0n) is 13.7. The molecular formula is C20H20N2O. The summed E-state index contributed by atoms with van der Waals surface area (Å²) in [7, 11) is 0. The van der Waals surface area contributed by atoms with Crippen molar-refractivity contribution in [1.29, 1.82) is 0 Å². The Balaban J connectivity index is 2.01. The fourth-order valence-corrected chi connectivity index (χ4v) is 2.27. The van der Waals surface area contributed by atoms with E-state index in [2.05, 4.69) is 41.2 Å². The van der Waals surface area contributed by atoms with Gasteiger partial charge in [0.2, 0.25) is 5.88 Å². The molecule has 0 spiro atoms. The predicted octanol–water partition coefficient (Wildman–Crippen LogP) is 4.90. The van der Waals surface area contributed by atoms with Crippen LogP contribution in [0.3, 0.4) is 0 Å². The summed E-state index contributed by atoms with van der Waals surface area (Å²) < 4.78 is 5.84. The van der Waals surface area contributed by atoms with Crippen LogP contribution in [-0.2, 0) is 0 Å². The lowest BCUT2D eigenvalue weighted by atomic mass is 10.1. The largest absolute Gasteiger partial charge is 0.473 e. The van der Waals surface area contributed by atoms with Crippen molar-refractivity contribution in [3.63, 3.8) is 0 Å². The summed E-state index contributed by atoms with van der Waals surface area (Å²) in [6.07, 6.45) is 4.05. The molecule has 0 unspecified atom stereocenters. The molecule has 0 aliphatic heterocycles. The fraction of sp³-hybridized carbons (Fsp3) is 0.200. The Morgan fingerprint density at radius 1 is 0.870 bits per heavy atom. The Morgan fingerprint density at radius 3 is 2.17 bits per heavy atom. The maximum Gasteiger partial charge on any atom is 0.240 e. The number of para-hydroxylation sites is 2. The van der Waals surface area contributed by atoms with Gasteiger partial charge in [-0.2, -0.15) is 0 Å². The van der Waals surface area contributed by atoms with E-state index in [1.807, 2.05) is 50.3 Å². The third-order valence-corrected chi connectivity index (χ3v) is 3.42. The summed E-state index contributed by atoms with van der Waals surface area (Å²) in [5.41, 5.74) is 4.83. The lowest BCUT2D eigenvalue weighted by molar-refractivity contribution is 0.232. The molecule has 0 atom stereocenters. The summed E-state index contributed by atoms with van der Waals surface area (Å²) in [6.45, 7) is 6.06. The van der Waals surface area contributed by atoms with Crippen molar-refractivity contribution in [2.75, 3.05) is 0 Å². The van der Waals surface area contributed by atoms with Gasteiger partial charge in [-0.15, -0.1) is 0 Å². The number of fused-ring (bicyclic) bond motifs is 1. The van der Waals surface area contributed by atoms with E-state index in [4.69, 9.17) is 4.74 Å². The molecule has 3 aromatic rings. The van der Waals surface area contributed by atoms with Crippen molar-refractivity contribution in [2.24, 2.45) is 0 Å². The van der Waals surface area contributed by atoms with E-state index in [0.29, 0.717) is 5.88 Å². The molecule has 2 aromatic carbocycles. The van der Waals surface area contributed by atoms with Gasteiger partial charge in [-0.05, 0) is 44.5 Å². The minimum absolute atomic E-state index is 0.0528. The van der Waals surface area contributed by atoms with Crippen LogP contribution >= 0.6 is 0 Å². The first-order chi connectivity index (χ1) is 11.1. The number of aromatic nitrogens is 2. The zero-order chi connectivity index (χ0) is 16.2. The quantitative estimate of drug-likeness (QED) is 0.688. The summed E-state index contributed by atoms with van der Waals surface area (Å²) in [5, 5.41) is 0. The summed E-state index contributed by atoms with van der Waals surface area (Å²) in [4.78, 5) is 9.29. The average Bonchev–Trinajstić information content (AvgIpc) is 2.54. The van der Waals surface area contributed by atoms with Crippen LogP contribution in [0.15, 0.2) is 48.5 Å². The highest BCUT2D eigenvalue weighted by Gasteiger charge is 2.09. The number of benzene rings is 2. The van der Waals surface area contributed by atoms with Gasteiger partial charge in [-0.25, -0.2) is 9.97 Å². The molecule has 0 N–H and O–H groups in total. The van der Waals surface area contributed by atoms with Gasteiger partial charge in [0.05, 0.1) is 17.1 Å². The summed E-state index contributed by atoms with van der Waals surface area (Å²) in [5.74, 6) is 0.571. The van der Waals surface area contributed by atoms with Gasteiger partial charge in [0.15, 0.2) is 0 Å². The molecule has 0 radical (unpaired) electrons. The maximum absolute atomic E-state index is 5.84.